The lowest BCUT2D eigenvalue weighted by Gasteiger charge is -2.27. The van der Waals surface area contributed by atoms with Crippen LogP contribution in [0, 0.1) is 11.6 Å². The van der Waals surface area contributed by atoms with E-state index in [0.29, 0.717) is 12.2 Å². The minimum atomic E-state index is -0.589. The topological polar surface area (TPSA) is 21.3 Å². The lowest BCUT2D eigenvalue weighted by molar-refractivity contribution is 0.0346. The maximum atomic E-state index is 13.5. The summed E-state index contributed by atoms with van der Waals surface area (Å²) in [5, 5.41) is 3.10. The van der Waals surface area contributed by atoms with Crippen LogP contribution in [0.1, 0.15) is 30.2 Å². The van der Waals surface area contributed by atoms with Gasteiger partial charge in [-0.15, -0.1) is 0 Å². The van der Waals surface area contributed by atoms with Gasteiger partial charge in [-0.2, -0.15) is 0 Å². The molecular weight excluding hydrogens is 272 g/mol. The standard InChI is InChI=1S/C17H19F2NO/c1-3-21-17(12-7-5-4-6-8-12)16(20-2)13-9-14(18)11-15(19)10-13/h4-11,16-17,20H,3H2,1-2H3. The molecule has 1 N–H and O–H groups in total. The van der Waals surface area contributed by atoms with E-state index in [1.807, 2.05) is 37.3 Å². The number of hydrogen-bond acceptors (Lipinski definition) is 2. The number of hydrogen-bond donors (Lipinski definition) is 1. The zero-order valence-electron chi connectivity index (χ0n) is 12.1. The molecule has 2 atom stereocenters. The normalized spacial score (nSPS) is 13.9. The van der Waals surface area contributed by atoms with Crippen molar-refractivity contribution in [2.24, 2.45) is 0 Å². The number of nitrogens with one attached hydrogen (secondary N) is 1. The Morgan fingerprint density at radius 3 is 2.14 bits per heavy atom. The average molecular weight is 291 g/mol. The van der Waals surface area contributed by atoms with E-state index in [1.54, 1.807) is 7.05 Å². The molecule has 0 bridgehead atoms. The van der Waals surface area contributed by atoms with Gasteiger partial charge >= 0.3 is 0 Å². The molecule has 0 saturated heterocycles. The molecule has 21 heavy (non-hydrogen) atoms. The first kappa shape index (κ1) is 15.6. The summed E-state index contributed by atoms with van der Waals surface area (Å²) in [4.78, 5) is 0. The van der Waals surface area contributed by atoms with Crippen LogP contribution in [-0.2, 0) is 4.74 Å². The van der Waals surface area contributed by atoms with Crippen molar-refractivity contribution >= 4 is 0 Å². The maximum absolute atomic E-state index is 13.5. The summed E-state index contributed by atoms with van der Waals surface area (Å²) in [6.45, 7) is 2.41. The minimum absolute atomic E-state index is 0.317. The molecule has 0 aliphatic carbocycles. The Kier molecular flexibility index (Phi) is 5.42. The molecule has 0 aliphatic rings. The zero-order chi connectivity index (χ0) is 15.2. The van der Waals surface area contributed by atoms with Gasteiger partial charge in [-0.25, -0.2) is 8.78 Å². The first-order valence-electron chi connectivity index (χ1n) is 6.95. The molecule has 2 unspecified atom stereocenters. The second-order valence-electron chi connectivity index (χ2n) is 4.76. The van der Waals surface area contributed by atoms with Gasteiger partial charge < -0.3 is 10.1 Å². The van der Waals surface area contributed by atoms with Crippen molar-refractivity contribution in [1.29, 1.82) is 0 Å². The molecule has 0 aliphatic heterocycles. The van der Waals surface area contributed by atoms with Crippen molar-refractivity contribution in [3.8, 4) is 0 Å². The lowest BCUT2D eigenvalue weighted by Crippen LogP contribution is -2.26. The summed E-state index contributed by atoms with van der Waals surface area (Å²) in [6.07, 6.45) is -0.317. The molecule has 112 valence electrons. The van der Waals surface area contributed by atoms with Gasteiger partial charge in [0.15, 0.2) is 0 Å². The molecule has 0 amide bonds. The first-order valence-corrected chi connectivity index (χ1v) is 6.95. The highest BCUT2D eigenvalue weighted by atomic mass is 19.1. The Hall–Kier alpha value is -1.78. The van der Waals surface area contributed by atoms with Gasteiger partial charge in [0.1, 0.15) is 17.7 Å². The number of ether oxygens (including phenoxy) is 1. The molecular formula is C17H19F2NO. The Labute approximate surface area is 123 Å². The summed E-state index contributed by atoms with van der Waals surface area (Å²) in [6, 6.07) is 12.8. The monoisotopic (exact) mass is 291 g/mol. The fourth-order valence-corrected chi connectivity index (χ4v) is 2.45. The molecule has 0 heterocycles. The van der Waals surface area contributed by atoms with Crippen LogP contribution in [0.2, 0.25) is 0 Å². The van der Waals surface area contributed by atoms with Gasteiger partial charge in [0.25, 0.3) is 0 Å². The molecule has 2 nitrogen and oxygen atoms in total. The maximum Gasteiger partial charge on any atom is 0.126 e. The van der Waals surface area contributed by atoms with E-state index in [4.69, 9.17) is 4.74 Å². The number of rotatable bonds is 6. The molecule has 2 rings (SSSR count). The van der Waals surface area contributed by atoms with Crippen LogP contribution in [0.4, 0.5) is 8.78 Å². The van der Waals surface area contributed by atoms with Gasteiger partial charge in [-0.1, -0.05) is 30.3 Å². The second-order valence-corrected chi connectivity index (χ2v) is 4.76. The van der Waals surface area contributed by atoms with E-state index in [2.05, 4.69) is 5.32 Å². The third-order valence-corrected chi connectivity index (χ3v) is 3.33. The number of likely N-dealkylation sites (N-methyl/N-ethyl adjacent to an activating group) is 1. The van der Waals surface area contributed by atoms with Gasteiger partial charge in [0.05, 0.1) is 6.04 Å². The highest BCUT2D eigenvalue weighted by Crippen LogP contribution is 2.32. The van der Waals surface area contributed by atoms with Crippen molar-refractivity contribution in [2.75, 3.05) is 13.7 Å². The Bertz CT molecular complexity index is 554. The number of halogens is 2. The third-order valence-electron chi connectivity index (χ3n) is 3.33. The predicted octanol–water partition coefficient (Wildman–Crippen LogP) is 4.00. The summed E-state index contributed by atoms with van der Waals surface area (Å²) in [5.74, 6) is -1.18. The van der Waals surface area contributed by atoms with Crippen LogP contribution in [-0.4, -0.2) is 13.7 Å². The lowest BCUT2D eigenvalue weighted by atomic mass is 9.95. The first-order chi connectivity index (χ1) is 10.2. The highest BCUT2D eigenvalue weighted by molar-refractivity contribution is 5.27. The smallest absolute Gasteiger partial charge is 0.126 e. The minimum Gasteiger partial charge on any atom is -0.372 e. The molecule has 2 aromatic carbocycles. The van der Waals surface area contributed by atoms with Crippen molar-refractivity contribution in [3.05, 3.63) is 71.3 Å². The van der Waals surface area contributed by atoms with Crippen LogP contribution in [0.15, 0.2) is 48.5 Å². The van der Waals surface area contributed by atoms with Gasteiger partial charge in [-0.05, 0) is 37.2 Å². The molecule has 0 aromatic heterocycles. The van der Waals surface area contributed by atoms with Gasteiger partial charge in [0, 0.05) is 12.7 Å². The van der Waals surface area contributed by atoms with Crippen molar-refractivity contribution in [3.63, 3.8) is 0 Å². The van der Waals surface area contributed by atoms with Crippen LogP contribution in [0.25, 0.3) is 0 Å². The second kappa shape index (κ2) is 7.29. The highest BCUT2D eigenvalue weighted by Gasteiger charge is 2.24. The molecule has 0 fully saturated rings. The van der Waals surface area contributed by atoms with E-state index < -0.39 is 11.6 Å². The van der Waals surface area contributed by atoms with E-state index >= 15 is 0 Å². The number of benzene rings is 2. The molecule has 2 aromatic rings. The van der Waals surface area contributed by atoms with E-state index in [0.717, 1.165) is 11.6 Å². The largest absolute Gasteiger partial charge is 0.372 e. The molecule has 4 heteroatoms. The average Bonchev–Trinajstić information content (AvgIpc) is 2.47. The Morgan fingerprint density at radius 2 is 1.62 bits per heavy atom. The SMILES string of the molecule is CCOC(c1ccccc1)C(NC)c1cc(F)cc(F)c1. The van der Waals surface area contributed by atoms with Crippen molar-refractivity contribution in [1.82, 2.24) is 5.32 Å². The molecule has 0 saturated carbocycles. The summed E-state index contributed by atoms with van der Waals surface area (Å²) in [7, 11) is 1.75. The zero-order valence-corrected chi connectivity index (χ0v) is 12.1. The summed E-state index contributed by atoms with van der Waals surface area (Å²) >= 11 is 0. The molecule has 0 radical (unpaired) electrons. The van der Waals surface area contributed by atoms with Crippen LogP contribution >= 0.6 is 0 Å². The van der Waals surface area contributed by atoms with Crippen molar-refractivity contribution < 1.29 is 13.5 Å². The summed E-state index contributed by atoms with van der Waals surface area (Å²) in [5.41, 5.74) is 1.49. The predicted molar refractivity (Wildman–Crippen MR) is 79.0 cm³/mol. The fraction of sp³-hybridized carbons (Fsp3) is 0.294. The van der Waals surface area contributed by atoms with Crippen molar-refractivity contribution in [2.45, 2.75) is 19.1 Å². The van der Waals surface area contributed by atoms with E-state index in [9.17, 15) is 8.78 Å². The summed E-state index contributed by atoms with van der Waals surface area (Å²) < 4.78 is 32.7. The van der Waals surface area contributed by atoms with Crippen LogP contribution < -0.4 is 5.32 Å². The Morgan fingerprint density at radius 1 is 1.00 bits per heavy atom. The van der Waals surface area contributed by atoms with Gasteiger partial charge in [-0.3, -0.25) is 0 Å². The Balaban J connectivity index is 2.40. The van der Waals surface area contributed by atoms with Gasteiger partial charge in [0.2, 0.25) is 0 Å². The fourth-order valence-electron chi connectivity index (χ4n) is 2.45. The third kappa shape index (κ3) is 3.86. The van der Waals surface area contributed by atoms with Crippen LogP contribution in [0.3, 0.4) is 0 Å². The molecule has 0 spiro atoms. The van der Waals surface area contributed by atoms with Crippen LogP contribution in [0.5, 0.6) is 0 Å². The van der Waals surface area contributed by atoms with E-state index in [-0.39, 0.29) is 12.1 Å². The van der Waals surface area contributed by atoms with E-state index in [1.165, 1.54) is 12.1 Å². The quantitative estimate of drug-likeness (QED) is 0.868.